The van der Waals surface area contributed by atoms with E-state index in [2.05, 4.69) is 80.7 Å². The minimum absolute atomic E-state index is 0.0633. The molecular weight excluding hydrogens is 766 g/mol. The Morgan fingerprint density at radius 1 is 0.627 bits per heavy atom. The van der Waals surface area contributed by atoms with Gasteiger partial charge in [-0.05, 0) is 77.0 Å². The van der Waals surface area contributed by atoms with Crippen LogP contribution in [0.15, 0.2) is 109 Å². The van der Waals surface area contributed by atoms with Gasteiger partial charge in [0, 0.05) is 12.8 Å². The molecule has 0 bridgehead atoms. The number of phosphoric ester groups is 1. The maximum Gasteiger partial charge on any atom is 0.306 e. The first-order chi connectivity index (χ1) is 28.4. The number of nitrogens with zero attached hydrogens (tertiary/aromatic N) is 1. The maximum absolute atomic E-state index is 12.6. The standard InChI is InChI=1S/C48H78NO9P/c1-6-8-10-11-12-13-14-15-16-17-18-19-20-21-22-25-29-32-36-40-48(52)58-46(44-57-59(53,54)56-42-41-49(3,4)5)43-55-47(51)39-35-31-28-26-23-24-27-30-34-38-45(50)37-33-9-7-2/h8-10,12-13,15-16,18-19,21-22,27,29-30,32-34,38,45-46,50H,6-7,11,14,17,20,23-26,28,31,35-37,39-44H2,1-5H3/b10-8-,13-12-,16-15-,19-18-,22-21-,30-27+,32-29-,33-9+,38-34+/t45?,46-/m1/s1. The zero-order chi connectivity index (χ0) is 43.7. The minimum atomic E-state index is -4.67. The number of carbonyl (C=O) groups excluding carboxylic acids is 2. The van der Waals surface area contributed by atoms with Crippen molar-refractivity contribution in [1.29, 1.82) is 0 Å². The van der Waals surface area contributed by atoms with Crippen molar-refractivity contribution in [1.82, 2.24) is 0 Å². The van der Waals surface area contributed by atoms with E-state index in [1.165, 1.54) is 0 Å². The number of likely N-dealkylation sites (N-methyl/N-ethyl adjacent to an activating group) is 1. The van der Waals surface area contributed by atoms with Gasteiger partial charge in [0.1, 0.15) is 19.8 Å². The van der Waals surface area contributed by atoms with Gasteiger partial charge in [-0.15, -0.1) is 0 Å². The fraction of sp³-hybridized carbons (Fsp3) is 0.583. The maximum atomic E-state index is 12.6. The molecule has 0 heterocycles. The van der Waals surface area contributed by atoms with Crippen molar-refractivity contribution in [2.75, 3.05) is 47.5 Å². The third-order valence-electron chi connectivity index (χ3n) is 8.38. The van der Waals surface area contributed by atoms with Gasteiger partial charge in [-0.25, -0.2) is 0 Å². The van der Waals surface area contributed by atoms with E-state index in [0.29, 0.717) is 30.3 Å². The summed E-state index contributed by atoms with van der Waals surface area (Å²) in [4.78, 5) is 37.5. The topological polar surface area (TPSA) is 131 Å². The summed E-state index contributed by atoms with van der Waals surface area (Å²) >= 11 is 0. The normalized spacial score (nSPS) is 15.2. The van der Waals surface area contributed by atoms with Crippen molar-refractivity contribution in [2.45, 2.75) is 135 Å². The second-order valence-electron chi connectivity index (χ2n) is 15.1. The van der Waals surface area contributed by atoms with Crippen LogP contribution in [-0.4, -0.2) is 81.2 Å². The number of aliphatic hydroxyl groups is 1. The largest absolute Gasteiger partial charge is 0.756 e. The molecule has 0 aromatic carbocycles. The molecule has 0 aliphatic carbocycles. The van der Waals surface area contributed by atoms with Gasteiger partial charge in [0.05, 0.1) is 33.9 Å². The Morgan fingerprint density at radius 2 is 1.17 bits per heavy atom. The van der Waals surface area contributed by atoms with Crippen molar-refractivity contribution < 1.29 is 47.2 Å². The van der Waals surface area contributed by atoms with Crippen LogP contribution in [0.5, 0.6) is 0 Å². The summed E-state index contributed by atoms with van der Waals surface area (Å²) in [6.45, 7) is 3.73. The minimum Gasteiger partial charge on any atom is -0.756 e. The summed E-state index contributed by atoms with van der Waals surface area (Å²) in [6.07, 6.45) is 48.9. The molecule has 0 aromatic rings. The molecule has 0 saturated heterocycles. The van der Waals surface area contributed by atoms with Crippen molar-refractivity contribution in [2.24, 2.45) is 0 Å². The fourth-order valence-electron chi connectivity index (χ4n) is 5.01. The number of hydrogen-bond acceptors (Lipinski definition) is 9. The van der Waals surface area contributed by atoms with Crippen molar-refractivity contribution in [3.05, 3.63) is 109 Å². The van der Waals surface area contributed by atoms with E-state index in [1.807, 2.05) is 57.6 Å². The SMILES string of the molecule is CC/C=C\C/C=C\C/C=C\C/C=C\C/C=C\C/C=C\CCC(=O)O[C@H](COC(=O)CCCCCCC/C=C/C=C/C(O)C/C=C/CC)COP(=O)([O-])OCC[N+](C)(C)C. The van der Waals surface area contributed by atoms with Crippen molar-refractivity contribution in [3.63, 3.8) is 0 Å². The van der Waals surface area contributed by atoms with E-state index in [9.17, 15) is 24.2 Å². The van der Waals surface area contributed by atoms with Gasteiger partial charge in [-0.2, -0.15) is 0 Å². The summed E-state index contributed by atoms with van der Waals surface area (Å²) in [7, 11) is 1.05. The van der Waals surface area contributed by atoms with E-state index in [4.69, 9.17) is 18.5 Å². The third-order valence-corrected chi connectivity index (χ3v) is 9.35. The molecule has 59 heavy (non-hydrogen) atoms. The van der Waals surface area contributed by atoms with Crippen LogP contribution in [0.4, 0.5) is 0 Å². The Morgan fingerprint density at radius 3 is 1.76 bits per heavy atom. The molecule has 1 N–H and O–H groups in total. The summed E-state index contributed by atoms with van der Waals surface area (Å²) in [6, 6.07) is 0. The van der Waals surface area contributed by atoms with E-state index >= 15 is 0 Å². The highest BCUT2D eigenvalue weighted by Crippen LogP contribution is 2.38. The van der Waals surface area contributed by atoms with Gasteiger partial charge in [0.25, 0.3) is 7.82 Å². The highest BCUT2D eigenvalue weighted by Gasteiger charge is 2.21. The van der Waals surface area contributed by atoms with E-state index in [0.717, 1.165) is 77.0 Å². The lowest BCUT2D eigenvalue weighted by Gasteiger charge is -2.28. The number of esters is 2. The molecule has 0 aliphatic heterocycles. The lowest BCUT2D eigenvalue weighted by molar-refractivity contribution is -0.870. The molecular formula is C48H78NO9P. The molecule has 10 nitrogen and oxygen atoms in total. The fourth-order valence-corrected chi connectivity index (χ4v) is 5.74. The average Bonchev–Trinajstić information content (AvgIpc) is 3.18. The van der Waals surface area contributed by atoms with E-state index < -0.39 is 38.6 Å². The zero-order valence-electron chi connectivity index (χ0n) is 37.0. The lowest BCUT2D eigenvalue weighted by atomic mass is 10.1. The number of quaternary nitrogens is 1. The lowest BCUT2D eigenvalue weighted by Crippen LogP contribution is -2.37. The van der Waals surface area contributed by atoms with Gasteiger partial charge >= 0.3 is 11.9 Å². The highest BCUT2D eigenvalue weighted by atomic mass is 31.2. The summed E-state index contributed by atoms with van der Waals surface area (Å²) < 4.78 is 33.7. The predicted octanol–water partition coefficient (Wildman–Crippen LogP) is 10.7. The molecule has 0 fully saturated rings. The van der Waals surface area contributed by atoms with E-state index in [-0.39, 0.29) is 26.1 Å². The molecule has 334 valence electrons. The number of phosphoric acid groups is 1. The molecule has 3 atom stereocenters. The van der Waals surface area contributed by atoms with Crippen LogP contribution in [0.25, 0.3) is 0 Å². The van der Waals surface area contributed by atoms with Crippen molar-refractivity contribution in [3.8, 4) is 0 Å². The molecule has 0 aromatic heterocycles. The highest BCUT2D eigenvalue weighted by molar-refractivity contribution is 7.45. The zero-order valence-corrected chi connectivity index (χ0v) is 37.9. The van der Waals surface area contributed by atoms with Crippen LogP contribution in [0.2, 0.25) is 0 Å². The van der Waals surface area contributed by atoms with Gasteiger partial charge in [0.15, 0.2) is 6.10 Å². The molecule has 2 unspecified atom stereocenters. The Hall–Kier alpha value is -3.37. The van der Waals surface area contributed by atoms with Crippen LogP contribution >= 0.6 is 7.82 Å². The van der Waals surface area contributed by atoms with Gasteiger partial charge in [0.2, 0.25) is 0 Å². The smallest absolute Gasteiger partial charge is 0.306 e. The van der Waals surface area contributed by atoms with Crippen LogP contribution in [0.3, 0.4) is 0 Å². The Bertz CT molecular complexity index is 1380. The van der Waals surface area contributed by atoms with Crippen LogP contribution < -0.4 is 4.89 Å². The first-order valence-electron chi connectivity index (χ1n) is 21.7. The molecule has 11 heteroatoms. The molecule has 0 spiro atoms. The second-order valence-corrected chi connectivity index (χ2v) is 16.6. The number of ether oxygens (including phenoxy) is 2. The summed E-state index contributed by atoms with van der Waals surface area (Å²) in [5, 5.41) is 9.88. The van der Waals surface area contributed by atoms with Gasteiger partial charge in [-0.3, -0.25) is 14.2 Å². The molecule has 0 aliphatic rings. The molecule has 0 rings (SSSR count). The van der Waals surface area contributed by atoms with Crippen LogP contribution in [0, 0.1) is 0 Å². The summed E-state index contributed by atoms with van der Waals surface area (Å²) in [5.41, 5.74) is 0. The molecule has 0 amide bonds. The second kappa shape index (κ2) is 38.8. The quantitative estimate of drug-likeness (QED) is 0.0162. The average molecular weight is 844 g/mol. The Labute approximate surface area is 358 Å². The van der Waals surface area contributed by atoms with Crippen LogP contribution in [-0.2, 0) is 32.7 Å². The van der Waals surface area contributed by atoms with Crippen LogP contribution in [0.1, 0.15) is 123 Å². The first kappa shape index (κ1) is 55.6. The monoisotopic (exact) mass is 844 g/mol. The van der Waals surface area contributed by atoms with Crippen molar-refractivity contribution >= 4 is 19.8 Å². The number of allylic oxidation sites excluding steroid dienone is 16. The predicted molar refractivity (Wildman–Crippen MR) is 241 cm³/mol. The van der Waals surface area contributed by atoms with E-state index in [1.54, 1.807) is 6.08 Å². The number of rotatable bonds is 37. The first-order valence-corrected chi connectivity index (χ1v) is 23.2. The number of unbranched alkanes of at least 4 members (excludes halogenated alkanes) is 5. The number of carbonyl (C=O) groups is 2. The Kier molecular flexibility index (Phi) is 36.6. The number of aliphatic hydroxyl groups excluding tert-OH is 1. The molecule has 0 saturated carbocycles. The third kappa shape index (κ3) is 42.6. The number of hydrogen-bond donors (Lipinski definition) is 1. The van der Waals surface area contributed by atoms with Gasteiger partial charge in [-0.1, -0.05) is 142 Å². The Balaban J connectivity index is 4.59. The molecule has 0 radical (unpaired) electrons. The summed E-state index contributed by atoms with van der Waals surface area (Å²) in [5.74, 6) is -1.00. The van der Waals surface area contributed by atoms with Gasteiger partial charge < -0.3 is 33.0 Å².